The lowest BCUT2D eigenvalue weighted by Gasteiger charge is -2.23. The van der Waals surface area contributed by atoms with Crippen LogP contribution in [0, 0.1) is 20.8 Å². The first-order valence-corrected chi connectivity index (χ1v) is 8.22. The third kappa shape index (κ3) is 5.30. The van der Waals surface area contributed by atoms with E-state index in [0.29, 0.717) is 12.3 Å². The van der Waals surface area contributed by atoms with Crippen molar-refractivity contribution in [3.63, 3.8) is 0 Å². The predicted octanol–water partition coefficient (Wildman–Crippen LogP) is 4.65. The van der Waals surface area contributed by atoms with Crippen LogP contribution >= 0.6 is 0 Å². The molecule has 24 heavy (non-hydrogen) atoms. The Morgan fingerprint density at radius 1 is 1.00 bits per heavy atom. The normalized spacial score (nSPS) is 10.3. The average molecular weight is 327 g/mol. The van der Waals surface area contributed by atoms with Crippen LogP contribution in [0.1, 0.15) is 23.6 Å². The molecule has 4 heteroatoms. The van der Waals surface area contributed by atoms with Gasteiger partial charge in [0.1, 0.15) is 12.4 Å². The van der Waals surface area contributed by atoms with E-state index in [9.17, 15) is 4.79 Å². The topological polar surface area (TPSA) is 38.8 Å². The Balaban J connectivity index is 1.85. The van der Waals surface area contributed by atoms with Crippen LogP contribution in [0.4, 0.5) is 10.5 Å². The summed E-state index contributed by atoms with van der Waals surface area (Å²) >= 11 is 0. The van der Waals surface area contributed by atoms with Gasteiger partial charge in [0.15, 0.2) is 0 Å². The number of nitrogens with zero attached hydrogens (tertiary/aromatic N) is 1. The van der Waals surface area contributed by atoms with Crippen LogP contribution < -0.4 is 9.64 Å². The third-order valence-corrected chi connectivity index (χ3v) is 3.73. The van der Waals surface area contributed by atoms with Gasteiger partial charge in [0, 0.05) is 12.2 Å². The van der Waals surface area contributed by atoms with Gasteiger partial charge in [0.25, 0.3) is 0 Å². The van der Waals surface area contributed by atoms with Gasteiger partial charge in [-0.3, -0.25) is 0 Å². The number of carbonyl (C=O) groups excluding carboxylic acids is 1. The Kier molecular flexibility index (Phi) is 6.24. The summed E-state index contributed by atoms with van der Waals surface area (Å²) in [5.74, 6) is 0.517. The molecule has 0 saturated carbocycles. The van der Waals surface area contributed by atoms with Crippen LogP contribution in [-0.2, 0) is 4.74 Å². The van der Waals surface area contributed by atoms with Gasteiger partial charge < -0.3 is 14.4 Å². The summed E-state index contributed by atoms with van der Waals surface area (Å²) in [6.45, 7) is 9.83. The van der Waals surface area contributed by atoms with Gasteiger partial charge in [-0.15, -0.1) is 0 Å². The summed E-state index contributed by atoms with van der Waals surface area (Å²) < 4.78 is 10.4. The predicted molar refractivity (Wildman–Crippen MR) is 97.0 cm³/mol. The molecule has 0 amide bonds. The Morgan fingerprint density at radius 2 is 1.71 bits per heavy atom. The van der Waals surface area contributed by atoms with Crippen molar-refractivity contribution >= 4 is 11.8 Å². The maximum absolute atomic E-state index is 11.8. The minimum Gasteiger partial charge on any atom is -0.432 e. The molecule has 4 nitrogen and oxygen atoms in total. The number of likely N-dealkylation sites (N-methyl/N-ethyl adjacent to an activating group) is 1. The molecular formula is C20H25NO3. The van der Waals surface area contributed by atoms with E-state index in [1.165, 1.54) is 5.56 Å². The summed E-state index contributed by atoms with van der Waals surface area (Å²) in [6.07, 6.45) is -0.666. The molecule has 0 atom stereocenters. The number of ether oxygens (including phenoxy) is 2. The number of aryl methyl sites for hydroxylation is 3. The van der Waals surface area contributed by atoms with Gasteiger partial charge in [-0.1, -0.05) is 18.2 Å². The average Bonchev–Trinajstić information content (AvgIpc) is 2.50. The van der Waals surface area contributed by atoms with Crippen LogP contribution in [0.3, 0.4) is 0 Å². The SMILES string of the molecule is CCN(CCOC(=O)Oc1cc(C)cc(C)c1)c1cccc(C)c1. The highest BCUT2D eigenvalue weighted by Crippen LogP contribution is 2.17. The van der Waals surface area contributed by atoms with E-state index in [1.807, 2.05) is 38.1 Å². The monoisotopic (exact) mass is 327 g/mol. The summed E-state index contributed by atoms with van der Waals surface area (Å²) in [4.78, 5) is 14.0. The molecule has 0 N–H and O–H groups in total. The molecule has 2 aromatic carbocycles. The van der Waals surface area contributed by atoms with Crippen molar-refractivity contribution in [3.05, 3.63) is 59.2 Å². The Hall–Kier alpha value is -2.49. The molecule has 0 saturated heterocycles. The largest absolute Gasteiger partial charge is 0.513 e. The summed E-state index contributed by atoms with van der Waals surface area (Å²) in [7, 11) is 0. The molecule has 0 aliphatic heterocycles. The van der Waals surface area contributed by atoms with E-state index in [4.69, 9.17) is 9.47 Å². The van der Waals surface area contributed by atoms with E-state index in [-0.39, 0.29) is 6.61 Å². The van der Waals surface area contributed by atoms with Crippen molar-refractivity contribution in [1.29, 1.82) is 0 Å². The summed E-state index contributed by atoms with van der Waals surface area (Å²) in [6, 6.07) is 13.9. The first kappa shape index (κ1) is 17.9. The highest BCUT2D eigenvalue weighted by molar-refractivity contribution is 5.64. The van der Waals surface area contributed by atoms with E-state index in [1.54, 1.807) is 0 Å². The van der Waals surface area contributed by atoms with Crippen molar-refractivity contribution in [3.8, 4) is 5.75 Å². The fourth-order valence-corrected chi connectivity index (χ4v) is 2.65. The van der Waals surface area contributed by atoms with Crippen molar-refractivity contribution in [2.75, 3.05) is 24.6 Å². The molecule has 2 aromatic rings. The summed E-state index contributed by atoms with van der Waals surface area (Å²) in [5.41, 5.74) is 4.44. The van der Waals surface area contributed by atoms with Crippen LogP contribution in [-0.4, -0.2) is 25.9 Å². The van der Waals surface area contributed by atoms with Gasteiger partial charge in [0.05, 0.1) is 6.54 Å². The molecule has 0 spiro atoms. The van der Waals surface area contributed by atoms with Crippen molar-refractivity contribution in [1.82, 2.24) is 0 Å². The van der Waals surface area contributed by atoms with Gasteiger partial charge in [-0.25, -0.2) is 4.79 Å². The van der Waals surface area contributed by atoms with E-state index in [2.05, 4.69) is 36.9 Å². The molecular weight excluding hydrogens is 302 g/mol. The molecule has 128 valence electrons. The van der Waals surface area contributed by atoms with Gasteiger partial charge in [-0.05, 0) is 68.7 Å². The molecule has 0 aromatic heterocycles. The molecule has 0 aliphatic rings. The molecule has 0 heterocycles. The number of hydrogen-bond acceptors (Lipinski definition) is 4. The van der Waals surface area contributed by atoms with Crippen molar-refractivity contribution in [2.45, 2.75) is 27.7 Å². The fraction of sp³-hybridized carbons (Fsp3) is 0.350. The summed E-state index contributed by atoms with van der Waals surface area (Å²) in [5, 5.41) is 0. The van der Waals surface area contributed by atoms with Crippen molar-refractivity contribution < 1.29 is 14.3 Å². The number of hydrogen-bond donors (Lipinski definition) is 0. The minimum absolute atomic E-state index is 0.283. The number of benzene rings is 2. The lowest BCUT2D eigenvalue weighted by molar-refractivity contribution is 0.101. The first-order valence-electron chi connectivity index (χ1n) is 8.22. The highest BCUT2D eigenvalue weighted by Gasteiger charge is 2.09. The Morgan fingerprint density at radius 3 is 2.33 bits per heavy atom. The molecule has 0 radical (unpaired) electrons. The maximum Gasteiger partial charge on any atom is 0.513 e. The first-order chi connectivity index (χ1) is 11.5. The van der Waals surface area contributed by atoms with Gasteiger partial charge >= 0.3 is 6.16 Å². The molecule has 0 bridgehead atoms. The zero-order valence-electron chi connectivity index (χ0n) is 14.8. The second-order valence-corrected chi connectivity index (χ2v) is 5.94. The van der Waals surface area contributed by atoms with E-state index >= 15 is 0 Å². The van der Waals surface area contributed by atoms with Gasteiger partial charge in [-0.2, -0.15) is 0 Å². The van der Waals surface area contributed by atoms with E-state index in [0.717, 1.165) is 23.4 Å². The standard InChI is InChI=1S/C20H25NO3/c1-5-21(18-8-6-7-15(2)12-18)9-10-23-20(22)24-19-13-16(3)11-17(4)14-19/h6-8,11-14H,5,9-10H2,1-4H3. The number of rotatable bonds is 6. The lowest BCUT2D eigenvalue weighted by atomic mass is 10.1. The highest BCUT2D eigenvalue weighted by atomic mass is 16.7. The molecule has 0 fully saturated rings. The van der Waals surface area contributed by atoms with Crippen LogP contribution in [0.2, 0.25) is 0 Å². The number of anilines is 1. The van der Waals surface area contributed by atoms with E-state index < -0.39 is 6.16 Å². The minimum atomic E-state index is -0.666. The molecule has 0 unspecified atom stereocenters. The second kappa shape index (κ2) is 8.39. The quantitative estimate of drug-likeness (QED) is 0.572. The second-order valence-electron chi connectivity index (χ2n) is 5.94. The van der Waals surface area contributed by atoms with Gasteiger partial charge in [0.2, 0.25) is 0 Å². The maximum atomic E-state index is 11.8. The third-order valence-electron chi connectivity index (χ3n) is 3.73. The smallest absolute Gasteiger partial charge is 0.432 e. The fourth-order valence-electron chi connectivity index (χ4n) is 2.65. The van der Waals surface area contributed by atoms with Crippen molar-refractivity contribution in [2.24, 2.45) is 0 Å². The zero-order chi connectivity index (χ0) is 17.5. The molecule has 0 aliphatic carbocycles. The molecule has 2 rings (SSSR count). The number of carbonyl (C=O) groups is 1. The van der Waals surface area contributed by atoms with Crippen LogP contribution in [0.25, 0.3) is 0 Å². The zero-order valence-corrected chi connectivity index (χ0v) is 14.8. The Bertz CT molecular complexity index is 677. The lowest BCUT2D eigenvalue weighted by Crippen LogP contribution is -2.28. The van der Waals surface area contributed by atoms with Crippen LogP contribution in [0.5, 0.6) is 5.75 Å². The van der Waals surface area contributed by atoms with Crippen LogP contribution in [0.15, 0.2) is 42.5 Å². The Labute approximate surface area is 144 Å².